The van der Waals surface area contributed by atoms with Crippen molar-refractivity contribution in [1.82, 2.24) is 0 Å². The fourth-order valence-electron chi connectivity index (χ4n) is 2.23. The molecular weight excluding hydrogens is 361 g/mol. The Balaban J connectivity index is 2.09. The molecule has 2 aromatic rings. The lowest BCUT2D eigenvalue weighted by Gasteiger charge is -2.11. The highest BCUT2D eigenvalue weighted by Crippen LogP contribution is 2.30. The third-order valence-corrected chi connectivity index (χ3v) is 3.66. The molecule has 0 fully saturated rings. The summed E-state index contributed by atoms with van der Waals surface area (Å²) in [7, 11) is 3.02. The van der Waals surface area contributed by atoms with Crippen molar-refractivity contribution in [1.29, 1.82) is 0 Å². The molecule has 0 N–H and O–H groups in total. The molecule has 0 aromatic heterocycles. The van der Waals surface area contributed by atoms with E-state index in [4.69, 9.17) is 14.2 Å². The predicted octanol–water partition coefficient (Wildman–Crippen LogP) is 4.64. The molecule has 7 heteroatoms. The third-order valence-electron chi connectivity index (χ3n) is 3.66. The van der Waals surface area contributed by atoms with Crippen LogP contribution in [0.2, 0.25) is 0 Å². The van der Waals surface area contributed by atoms with Gasteiger partial charge in [-0.3, -0.25) is 4.79 Å². The lowest BCUT2D eigenvalue weighted by atomic mass is 10.1. The largest absolute Gasteiger partial charge is 0.493 e. The first-order valence-corrected chi connectivity index (χ1v) is 8.04. The van der Waals surface area contributed by atoms with Crippen molar-refractivity contribution in [3.63, 3.8) is 0 Å². The molecule has 27 heavy (non-hydrogen) atoms. The van der Waals surface area contributed by atoms with Crippen LogP contribution in [0.5, 0.6) is 11.5 Å². The number of hydrogen-bond acceptors (Lipinski definition) is 4. The van der Waals surface area contributed by atoms with E-state index in [1.165, 1.54) is 31.4 Å². The Bertz CT molecular complexity index is 796. The zero-order valence-corrected chi connectivity index (χ0v) is 14.9. The molecule has 4 nitrogen and oxygen atoms in total. The van der Waals surface area contributed by atoms with E-state index in [0.717, 1.165) is 12.1 Å². The Hall–Kier alpha value is -2.80. The Morgan fingerprint density at radius 2 is 1.70 bits per heavy atom. The highest BCUT2D eigenvalue weighted by atomic mass is 19.4. The number of alkyl halides is 3. The smallest absolute Gasteiger partial charge is 0.416 e. The molecule has 0 spiro atoms. The van der Waals surface area contributed by atoms with Crippen LogP contribution >= 0.6 is 0 Å². The van der Waals surface area contributed by atoms with Gasteiger partial charge in [-0.15, -0.1) is 0 Å². The second kappa shape index (κ2) is 9.23. The highest BCUT2D eigenvalue weighted by molar-refractivity contribution is 6.07. The van der Waals surface area contributed by atoms with Gasteiger partial charge in [0.25, 0.3) is 0 Å². The van der Waals surface area contributed by atoms with Crippen LogP contribution in [-0.4, -0.2) is 33.2 Å². The topological polar surface area (TPSA) is 44.8 Å². The molecule has 0 aliphatic rings. The second-order valence-electron chi connectivity index (χ2n) is 5.52. The first kappa shape index (κ1) is 20.5. The molecule has 2 aromatic carbocycles. The molecule has 0 radical (unpaired) electrons. The maximum absolute atomic E-state index is 12.6. The van der Waals surface area contributed by atoms with Gasteiger partial charge in [0.1, 0.15) is 6.61 Å². The molecule has 2 rings (SSSR count). The molecule has 0 saturated carbocycles. The van der Waals surface area contributed by atoms with Crippen LogP contribution in [0.25, 0.3) is 6.08 Å². The molecule has 144 valence electrons. The molecule has 0 aliphatic heterocycles. The zero-order chi connectivity index (χ0) is 19.9. The van der Waals surface area contributed by atoms with Gasteiger partial charge in [-0.2, -0.15) is 13.2 Å². The molecule has 0 heterocycles. The van der Waals surface area contributed by atoms with Gasteiger partial charge >= 0.3 is 6.18 Å². The van der Waals surface area contributed by atoms with Crippen molar-refractivity contribution < 1.29 is 32.2 Å². The molecule has 0 saturated heterocycles. The molecule has 0 amide bonds. The summed E-state index contributed by atoms with van der Waals surface area (Å²) in [5, 5.41) is 0. The van der Waals surface area contributed by atoms with Gasteiger partial charge in [0.05, 0.1) is 19.3 Å². The summed E-state index contributed by atoms with van der Waals surface area (Å²) < 4.78 is 53.3. The maximum atomic E-state index is 12.6. The number of carbonyl (C=O) groups is 1. The SMILES string of the molecule is COCCOc1ccc(C(=O)C=Cc2ccc(C(F)(F)F)cc2)cc1OC. The standard InChI is InChI=1S/C20H19F3O4/c1-25-11-12-27-18-10-6-15(13-19(18)26-2)17(24)9-5-14-3-7-16(8-4-14)20(21,22)23/h3-10,13H,11-12H2,1-2H3. The number of methoxy groups -OCH3 is 2. The number of carbonyl (C=O) groups excluding carboxylic acids is 1. The summed E-state index contributed by atoms with van der Waals surface area (Å²) in [5.41, 5.74) is 0.122. The van der Waals surface area contributed by atoms with Crippen LogP contribution in [-0.2, 0) is 10.9 Å². The summed E-state index contributed by atoms with van der Waals surface area (Å²) >= 11 is 0. The first-order valence-electron chi connectivity index (χ1n) is 8.04. The van der Waals surface area contributed by atoms with Crippen LogP contribution in [0.1, 0.15) is 21.5 Å². The number of hydrogen-bond donors (Lipinski definition) is 0. The highest BCUT2D eigenvalue weighted by Gasteiger charge is 2.29. The van der Waals surface area contributed by atoms with Gasteiger partial charge in [-0.1, -0.05) is 18.2 Å². The van der Waals surface area contributed by atoms with Gasteiger partial charge in [0.2, 0.25) is 0 Å². The lowest BCUT2D eigenvalue weighted by Crippen LogP contribution is -2.06. The minimum absolute atomic E-state index is 0.309. The maximum Gasteiger partial charge on any atom is 0.416 e. The Morgan fingerprint density at radius 3 is 2.30 bits per heavy atom. The number of benzene rings is 2. The monoisotopic (exact) mass is 380 g/mol. The number of rotatable bonds is 8. The predicted molar refractivity (Wildman–Crippen MR) is 95.2 cm³/mol. The van der Waals surface area contributed by atoms with Crippen LogP contribution in [0.3, 0.4) is 0 Å². The van der Waals surface area contributed by atoms with E-state index in [1.54, 1.807) is 25.3 Å². The average molecular weight is 380 g/mol. The quantitative estimate of drug-likeness (QED) is 0.380. The average Bonchev–Trinajstić information content (AvgIpc) is 2.66. The van der Waals surface area contributed by atoms with Crippen molar-refractivity contribution in [2.24, 2.45) is 0 Å². The summed E-state index contributed by atoms with van der Waals surface area (Å²) in [5.74, 6) is 0.578. The zero-order valence-electron chi connectivity index (χ0n) is 14.9. The normalized spacial score (nSPS) is 11.6. The van der Waals surface area contributed by atoms with Crippen molar-refractivity contribution in [3.8, 4) is 11.5 Å². The van der Waals surface area contributed by atoms with Gasteiger partial charge in [-0.25, -0.2) is 0 Å². The fourth-order valence-corrected chi connectivity index (χ4v) is 2.23. The van der Waals surface area contributed by atoms with Crippen molar-refractivity contribution in [2.45, 2.75) is 6.18 Å². The summed E-state index contributed by atoms with van der Waals surface area (Å²) in [4.78, 5) is 12.3. The minimum Gasteiger partial charge on any atom is -0.493 e. The fraction of sp³-hybridized carbons (Fsp3) is 0.250. The number of allylic oxidation sites excluding steroid dienone is 1. The molecule has 0 bridgehead atoms. The third kappa shape index (κ3) is 5.86. The van der Waals surface area contributed by atoms with E-state index in [-0.39, 0.29) is 5.78 Å². The van der Waals surface area contributed by atoms with Crippen LogP contribution in [0.15, 0.2) is 48.5 Å². The number of ether oxygens (including phenoxy) is 3. The van der Waals surface area contributed by atoms with E-state index in [9.17, 15) is 18.0 Å². The van der Waals surface area contributed by atoms with E-state index < -0.39 is 11.7 Å². The summed E-state index contributed by atoms with van der Waals surface area (Å²) in [6.07, 6.45) is -1.64. The molecule has 0 aliphatic carbocycles. The summed E-state index contributed by atoms with van der Waals surface area (Å²) in [6, 6.07) is 9.30. The van der Waals surface area contributed by atoms with E-state index in [2.05, 4.69) is 0 Å². The van der Waals surface area contributed by atoms with Crippen LogP contribution < -0.4 is 9.47 Å². The van der Waals surface area contributed by atoms with Crippen molar-refractivity contribution >= 4 is 11.9 Å². The van der Waals surface area contributed by atoms with E-state index in [1.807, 2.05) is 0 Å². The Morgan fingerprint density at radius 1 is 1.00 bits per heavy atom. The van der Waals surface area contributed by atoms with Gasteiger partial charge in [0.15, 0.2) is 17.3 Å². The minimum atomic E-state index is -4.39. The Kier molecular flexibility index (Phi) is 7.01. The van der Waals surface area contributed by atoms with Crippen LogP contribution in [0.4, 0.5) is 13.2 Å². The lowest BCUT2D eigenvalue weighted by molar-refractivity contribution is -0.137. The van der Waals surface area contributed by atoms with E-state index in [0.29, 0.717) is 35.8 Å². The second-order valence-corrected chi connectivity index (χ2v) is 5.52. The van der Waals surface area contributed by atoms with Crippen molar-refractivity contribution in [3.05, 3.63) is 65.2 Å². The summed E-state index contributed by atoms with van der Waals surface area (Å²) in [6.45, 7) is 0.758. The Labute approximate surface area is 155 Å². The van der Waals surface area contributed by atoms with Crippen LogP contribution in [0, 0.1) is 0 Å². The molecule has 0 atom stereocenters. The first-order chi connectivity index (χ1) is 12.8. The number of halogens is 3. The van der Waals surface area contributed by atoms with Crippen molar-refractivity contribution in [2.75, 3.05) is 27.4 Å². The van der Waals surface area contributed by atoms with Gasteiger partial charge < -0.3 is 14.2 Å². The van der Waals surface area contributed by atoms with Gasteiger partial charge in [0, 0.05) is 12.7 Å². The number of ketones is 1. The van der Waals surface area contributed by atoms with Gasteiger partial charge in [-0.05, 0) is 42.0 Å². The molecular formula is C20H19F3O4. The van der Waals surface area contributed by atoms with E-state index >= 15 is 0 Å². The molecule has 0 unspecified atom stereocenters.